The molecule has 1 N–H and O–H groups in total. The maximum Gasteiger partial charge on any atom is 0.367 e. The van der Waals surface area contributed by atoms with E-state index in [0.717, 1.165) is 6.92 Å². The predicted octanol–water partition coefficient (Wildman–Crippen LogP) is -0.0710. The Morgan fingerprint density at radius 3 is 2.12 bits per heavy atom. The molecule has 0 heterocycles. The molecule has 0 aliphatic heterocycles. The topological polar surface area (TPSA) is 63.6 Å². The number of hydrogen-bond donors (Lipinski definition) is 1. The summed E-state index contributed by atoms with van der Waals surface area (Å²) in [5, 5.41) is 0. The van der Waals surface area contributed by atoms with Crippen LogP contribution in [0.4, 0.5) is 0 Å². The van der Waals surface area contributed by atoms with Crippen LogP contribution >= 0.6 is 8.25 Å². The first-order valence-electron chi connectivity index (χ1n) is 1.54. The molecule has 1 radical (unpaired) electrons. The van der Waals surface area contributed by atoms with Gasteiger partial charge in [-0.15, -0.1) is 0 Å². The minimum Gasteiger partial charge on any atom is -0.394 e. The second kappa shape index (κ2) is 5.89. The van der Waals surface area contributed by atoms with Gasteiger partial charge in [-0.3, -0.25) is 4.79 Å². The first-order valence-corrected chi connectivity index (χ1v) is 2.80. The number of rotatable bonds is 1. The molecular formula is C2H5O4PY. The molecule has 4 nitrogen and oxygen atoms in total. The molecule has 0 fully saturated rings. The van der Waals surface area contributed by atoms with Crippen molar-refractivity contribution in [2.45, 2.75) is 6.92 Å². The molecule has 45 valence electrons. The molecule has 0 saturated heterocycles. The van der Waals surface area contributed by atoms with Gasteiger partial charge in [0, 0.05) is 39.6 Å². The van der Waals surface area contributed by atoms with Crippen LogP contribution in [0.15, 0.2) is 0 Å². The fourth-order valence-corrected chi connectivity index (χ4v) is 0.369. The Morgan fingerprint density at radius 1 is 1.75 bits per heavy atom. The Kier molecular flexibility index (Phi) is 8.51. The van der Waals surface area contributed by atoms with Gasteiger partial charge >= 0.3 is 14.2 Å². The van der Waals surface area contributed by atoms with Crippen molar-refractivity contribution in [3.63, 3.8) is 0 Å². The minimum absolute atomic E-state index is 0. The average Bonchev–Trinajstić information content (AvgIpc) is 1.27. The van der Waals surface area contributed by atoms with Gasteiger partial charge in [0.2, 0.25) is 0 Å². The summed E-state index contributed by atoms with van der Waals surface area (Å²) in [5.74, 6) is -0.730. The van der Waals surface area contributed by atoms with E-state index in [-0.39, 0.29) is 32.7 Å². The number of carbonyl (C=O) groups is 1. The van der Waals surface area contributed by atoms with Gasteiger partial charge in [-0.05, 0) is 0 Å². The zero-order valence-electron chi connectivity index (χ0n) is 4.25. The summed E-state index contributed by atoms with van der Waals surface area (Å²) in [6.07, 6.45) is 0. The van der Waals surface area contributed by atoms with Gasteiger partial charge in [0.05, 0.1) is 0 Å². The summed E-state index contributed by atoms with van der Waals surface area (Å²) in [4.78, 5) is 17.5. The van der Waals surface area contributed by atoms with Gasteiger partial charge < -0.3 is 9.42 Å². The van der Waals surface area contributed by atoms with Gasteiger partial charge in [0.15, 0.2) is 0 Å². The third kappa shape index (κ3) is 9.90. The van der Waals surface area contributed by atoms with Crippen molar-refractivity contribution >= 4 is 14.2 Å². The first-order chi connectivity index (χ1) is 3.13. The number of hydrogen-bond acceptors (Lipinski definition) is 3. The summed E-state index contributed by atoms with van der Waals surface area (Å²) >= 11 is 0. The molecule has 0 bridgehead atoms. The summed E-state index contributed by atoms with van der Waals surface area (Å²) in [6, 6.07) is 0. The van der Waals surface area contributed by atoms with Gasteiger partial charge in [-0.2, -0.15) is 0 Å². The molecule has 0 rings (SSSR count). The Hall–Kier alpha value is 0.764. The van der Waals surface area contributed by atoms with Gasteiger partial charge in [0.1, 0.15) is 0 Å². The Balaban J connectivity index is 0. The van der Waals surface area contributed by atoms with Gasteiger partial charge in [0.25, 0.3) is 0 Å². The molecule has 0 amide bonds. The van der Waals surface area contributed by atoms with Crippen LogP contribution in [0.3, 0.4) is 0 Å². The van der Waals surface area contributed by atoms with E-state index in [4.69, 9.17) is 4.89 Å². The van der Waals surface area contributed by atoms with Crippen LogP contribution in [0.25, 0.3) is 0 Å². The fourth-order valence-electron chi connectivity index (χ4n) is 0.123. The molecule has 6 heteroatoms. The monoisotopic (exact) mass is 213 g/mol. The summed E-state index contributed by atoms with van der Waals surface area (Å²) in [7, 11) is -3.03. The molecule has 0 aliphatic carbocycles. The Morgan fingerprint density at radius 2 is 2.12 bits per heavy atom. The zero-order valence-corrected chi connectivity index (χ0v) is 8.09. The molecular weight excluding hydrogens is 208 g/mol. The van der Waals surface area contributed by atoms with Crippen molar-refractivity contribution in [3.8, 4) is 0 Å². The van der Waals surface area contributed by atoms with Crippen molar-refractivity contribution in [2.24, 2.45) is 0 Å². The molecule has 0 saturated carbocycles. The molecule has 1 atom stereocenters. The predicted molar refractivity (Wildman–Crippen MR) is 23.0 cm³/mol. The normalized spacial score (nSPS) is 11.2. The van der Waals surface area contributed by atoms with Crippen LogP contribution in [0.2, 0.25) is 0 Å². The van der Waals surface area contributed by atoms with Crippen LogP contribution in [0, 0.1) is 0 Å². The molecule has 0 aromatic heterocycles. The standard InChI is InChI=1S/C2H5O4P.Y/c1-2(3)6-7(4)5;/h7H,1H3,(H,4,5);. The van der Waals surface area contributed by atoms with Crippen molar-refractivity contribution in [1.82, 2.24) is 0 Å². The molecule has 0 aliphatic rings. The molecule has 0 aromatic carbocycles. The van der Waals surface area contributed by atoms with Crippen LogP contribution < -0.4 is 0 Å². The SMILES string of the molecule is CC(=O)O[PH](=O)O.[Y]. The van der Waals surface area contributed by atoms with E-state index < -0.39 is 14.2 Å². The van der Waals surface area contributed by atoms with E-state index in [0.29, 0.717) is 0 Å². The maximum absolute atomic E-state index is 9.70. The average molecular weight is 213 g/mol. The van der Waals surface area contributed by atoms with E-state index >= 15 is 0 Å². The van der Waals surface area contributed by atoms with Crippen LogP contribution in [-0.4, -0.2) is 10.9 Å². The summed E-state index contributed by atoms with van der Waals surface area (Å²) in [5.41, 5.74) is 0. The summed E-state index contributed by atoms with van der Waals surface area (Å²) in [6.45, 7) is 1.07. The van der Waals surface area contributed by atoms with Crippen LogP contribution in [0.1, 0.15) is 6.92 Å². The Bertz CT molecular complexity index is 90.2. The molecule has 0 aromatic rings. The van der Waals surface area contributed by atoms with Crippen molar-refractivity contribution in [2.75, 3.05) is 0 Å². The third-order valence-corrected chi connectivity index (χ3v) is 0.693. The smallest absolute Gasteiger partial charge is 0.367 e. The van der Waals surface area contributed by atoms with E-state index in [1.165, 1.54) is 0 Å². The minimum atomic E-state index is -3.03. The molecule has 0 spiro atoms. The van der Waals surface area contributed by atoms with E-state index in [1.54, 1.807) is 0 Å². The van der Waals surface area contributed by atoms with E-state index in [1.807, 2.05) is 0 Å². The number of carbonyl (C=O) groups excluding carboxylic acids is 1. The maximum atomic E-state index is 9.70. The van der Waals surface area contributed by atoms with E-state index in [2.05, 4.69) is 4.52 Å². The quantitative estimate of drug-likeness (QED) is 0.619. The van der Waals surface area contributed by atoms with Gasteiger partial charge in [-0.25, -0.2) is 4.57 Å². The van der Waals surface area contributed by atoms with Crippen molar-refractivity contribution < 1.29 is 51.5 Å². The second-order valence-electron chi connectivity index (χ2n) is 0.860. The van der Waals surface area contributed by atoms with E-state index in [9.17, 15) is 9.36 Å². The Labute approximate surface area is 72.4 Å². The van der Waals surface area contributed by atoms with Crippen molar-refractivity contribution in [3.05, 3.63) is 0 Å². The first kappa shape index (κ1) is 11.5. The van der Waals surface area contributed by atoms with Crippen molar-refractivity contribution in [1.29, 1.82) is 0 Å². The fraction of sp³-hybridized carbons (Fsp3) is 0.500. The molecule has 8 heavy (non-hydrogen) atoms. The van der Waals surface area contributed by atoms with Gasteiger partial charge in [-0.1, -0.05) is 0 Å². The third-order valence-electron chi connectivity index (χ3n) is 0.231. The summed E-state index contributed by atoms with van der Waals surface area (Å²) < 4.78 is 13.3. The largest absolute Gasteiger partial charge is 0.394 e. The second-order valence-corrected chi connectivity index (χ2v) is 1.60. The van der Waals surface area contributed by atoms with Crippen LogP contribution in [-0.2, 0) is 46.6 Å². The van der Waals surface area contributed by atoms with Crippen LogP contribution in [0.5, 0.6) is 0 Å². The molecule has 1 unspecified atom stereocenters. The zero-order chi connectivity index (χ0) is 5.86.